The van der Waals surface area contributed by atoms with Gasteiger partial charge in [0.05, 0.1) is 11.3 Å². The number of fused-ring (bicyclic) bond motifs is 1. The van der Waals surface area contributed by atoms with Gasteiger partial charge in [0.1, 0.15) is 5.82 Å². The molecule has 0 saturated heterocycles. The molecule has 3 rings (SSSR count). The lowest BCUT2D eigenvalue weighted by atomic mass is 10.1. The van der Waals surface area contributed by atoms with Gasteiger partial charge in [-0.05, 0) is 37.1 Å². The summed E-state index contributed by atoms with van der Waals surface area (Å²) in [6, 6.07) is 12.8. The molecule has 0 N–H and O–H groups in total. The minimum atomic E-state index is -0.450. The lowest BCUT2D eigenvalue weighted by Crippen LogP contribution is -2.17. The topological polar surface area (TPSA) is 20.3 Å². The van der Waals surface area contributed by atoms with Gasteiger partial charge in [0.2, 0.25) is 0 Å². The van der Waals surface area contributed by atoms with E-state index in [1.165, 1.54) is 18.6 Å². The van der Waals surface area contributed by atoms with Crippen LogP contribution in [-0.4, -0.2) is 12.3 Å². The number of rotatable bonds is 2. The van der Waals surface area contributed by atoms with Gasteiger partial charge < -0.3 is 4.90 Å². The average Bonchev–Trinajstić information content (AvgIpc) is 2.81. The second-order valence-electron chi connectivity index (χ2n) is 4.72. The van der Waals surface area contributed by atoms with Crippen LogP contribution < -0.4 is 4.90 Å². The molecule has 3 heteroatoms. The summed E-state index contributed by atoms with van der Waals surface area (Å²) < 4.78 is 13.9. The molecule has 96 valence electrons. The standard InChI is InChI=1S/C16H14FNO/c1-11(19)16-13(17)6-4-8-15(16)18-10-9-12-5-2-3-7-14(12)18/h2-8H,9-10H2,1H3. The van der Waals surface area contributed by atoms with Gasteiger partial charge in [0, 0.05) is 12.2 Å². The molecule has 0 aromatic heterocycles. The lowest BCUT2D eigenvalue weighted by Gasteiger charge is -2.22. The van der Waals surface area contributed by atoms with E-state index in [0.717, 1.165) is 18.7 Å². The van der Waals surface area contributed by atoms with Crippen LogP contribution in [0.3, 0.4) is 0 Å². The zero-order chi connectivity index (χ0) is 13.4. The van der Waals surface area contributed by atoms with Crippen molar-refractivity contribution in [3.8, 4) is 0 Å². The smallest absolute Gasteiger partial charge is 0.164 e. The number of benzene rings is 2. The van der Waals surface area contributed by atoms with Crippen molar-refractivity contribution in [1.29, 1.82) is 0 Å². The fraction of sp³-hybridized carbons (Fsp3) is 0.188. The molecular formula is C16H14FNO. The molecule has 0 amide bonds. The maximum absolute atomic E-state index is 13.9. The van der Waals surface area contributed by atoms with E-state index in [1.54, 1.807) is 6.07 Å². The summed E-state index contributed by atoms with van der Waals surface area (Å²) in [4.78, 5) is 13.7. The molecule has 0 bridgehead atoms. The first-order chi connectivity index (χ1) is 9.18. The van der Waals surface area contributed by atoms with Gasteiger partial charge >= 0.3 is 0 Å². The second kappa shape index (κ2) is 4.50. The molecule has 0 radical (unpaired) electrons. The third-order valence-electron chi connectivity index (χ3n) is 3.52. The largest absolute Gasteiger partial charge is 0.340 e. The summed E-state index contributed by atoms with van der Waals surface area (Å²) in [5.41, 5.74) is 3.15. The Kier molecular flexibility index (Phi) is 2.82. The molecule has 0 aliphatic carbocycles. The predicted octanol–water partition coefficient (Wildman–Crippen LogP) is 3.72. The molecular weight excluding hydrogens is 241 g/mol. The number of carbonyl (C=O) groups excluding carboxylic acids is 1. The monoisotopic (exact) mass is 255 g/mol. The average molecular weight is 255 g/mol. The summed E-state index contributed by atoms with van der Waals surface area (Å²) in [5, 5.41) is 0. The Morgan fingerprint density at radius 3 is 2.63 bits per heavy atom. The molecule has 0 spiro atoms. The van der Waals surface area contributed by atoms with Crippen molar-refractivity contribution in [2.75, 3.05) is 11.4 Å². The first-order valence-corrected chi connectivity index (χ1v) is 6.33. The zero-order valence-corrected chi connectivity index (χ0v) is 10.7. The van der Waals surface area contributed by atoms with Crippen LogP contribution in [0.4, 0.5) is 15.8 Å². The molecule has 0 atom stereocenters. The SMILES string of the molecule is CC(=O)c1c(F)cccc1N1CCc2ccccc21. The number of ketones is 1. The van der Waals surface area contributed by atoms with Crippen LogP contribution in [0.25, 0.3) is 0 Å². The Bertz CT molecular complexity index is 651. The number of anilines is 2. The van der Waals surface area contributed by atoms with E-state index in [-0.39, 0.29) is 11.3 Å². The number of para-hydroxylation sites is 1. The summed E-state index contributed by atoms with van der Waals surface area (Å²) in [5.74, 6) is -0.688. The van der Waals surface area contributed by atoms with Crippen molar-refractivity contribution in [3.05, 3.63) is 59.4 Å². The summed E-state index contributed by atoms with van der Waals surface area (Å²) in [6.07, 6.45) is 0.921. The number of carbonyl (C=O) groups is 1. The summed E-state index contributed by atoms with van der Waals surface area (Å²) in [6.45, 7) is 2.19. The summed E-state index contributed by atoms with van der Waals surface area (Å²) >= 11 is 0. The highest BCUT2D eigenvalue weighted by Gasteiger charge is 2.24. The first-order valence-electron chi connectivity index (χ1n) is 6.33. The highest BCUT2D eigenvalue weighted by Crippen LogP contribution is 2.36. The fourth-order valence-electron chi connectivity index (χ4n) is 2.67. The maximum Gasteiger partial charge on any atom is 0.164 e. The van der Waals surface area contributed by atoms with E-state index >= 15 is 0 Å². The Hall–Kier alpha value is -2.16. The van der Waals surface area contributed by atoms with Crippen LogP contribution in [0.15, 0.2) is 42.5 Å². The minimum absolute atomic E-state index is 0.180. The van der Waals surface area contributed by atoms with Crippen molar-refractivity contribution >= 4 is 17.2 Å². The third-order valence-corrected chi connectivity index (χ3v) is 3.52. The van der Waals surface area contributed by atoms with Gasteiger partial charge in [-0.3, -0.25) is 4.79 Å². The fourth-order valence-corrected chi connectivity index (χ4v) is 2.67. The quantitative estimate of drug-likeness (QED) is 0.762. The first kappa shape index (κ1) is 11.9. The van der Waals surface area contributed by atoms with Crippen molar-refractivity contribution in [2.45, 2.75) is 13.3 Å². The van der Waals surface area contributed by atoms with Crippen LogP contribution in [0.2, 0.25) is 0 Å². The number of nitrogens with zero attached hydrogens (tertiary/aromatic N) is 1. The Balaban J connectivity index is 2.15. The van der Waals surface area contributed by atoms with Crippen LogP contribution in [-0.2, 0) is 6.42 Å². The zero-order valence-electron chi connectivity index (χ0n) is 10.7. The lowest BCUT2D eigenvalue weighted by molar-refractivity contribution is 0.101. The Morgan fingerprint density at radius 1 is 1.11 bits per heavy atom. The van der Waals surface area contributed by atoms with Gasteiger partial charge in [-0.15, -0.1) is 0 Å². The molecule has 1 aliphatic heterocycles. The van der Waals surface area contributed by atoms with Crippen LogP contribution in [0, 0.1) is 5.82 Å². The molecule has 2 nitrogen and oxygen atoms in total. The van der Waals surface area contributed by atoms with Crippen LogP contribution >= 0.6 is 0 Å². The molecule has 19 heavy (non-hydrogen) atoms. The van der Waals surface area contributed by atoms with Crippen LogP contribution in [0.1, 0.15) is 22.8 Å². The Morgan fingerprint density at radius 2 is 1.84 bits per heavy atom. The minimum Gasteiger partial charge on any atom is -0.340 e. The second-order valence-corrected chi connectivity index (χ2v) is 4.72. The Labute approximate surface area is 111 Å². The maximum atomic E-state index is 13.9. The van der Waals surface area contributed by atoms with E-state index in [2.05, 4.69) is 6.07 Å². The van der Waals surface area contributed by atoms with Gasteiger partial charge in [0.15, 0.2) is 5.78 Å². The molecule has 2 aromatic carbocycles. The van der Waals surface area contributed by atoms with E-state index in [9.17, 15) is 9.18 Å². The van der Waals surface area contributed by atoms with E-state index in [4.69, 9.17) is 0 Å². The number of halogens is 1. The van der Waals surface area contributed by atoms with Gasteiger partial charge in [0.25, 0.3) is 0 Å². The van der Waals surface area contributed by atoms with Crippen LogP contribution in [0.5, 0.6) is 0 Å². The molecule has 0 fully saturated rings. The van der Waals surface area contributed by atoms with Crippen molar-refractivity contribution < 1.29 is 9.18 Å². The highest BCUT2D eigenvalue weighted by molar-refractivity contribution is 6.01. The molecule has 1 heterocycles. The van der Waals surface area contributed by atoms with E-state index < -0.39 is 5.82 Å². The van der Waals surface area contributed by atoms with E-state index in [0.29, 0.717) is 5.69 Å². The molecule has 0 unspecified atom stereocenters. The number of hydrogen-bond donors (Lipinski definition) is 0. The van der Waals surface area contributed by atoms with Crippen molar-refractivity contribution in [3.63, 3.8) is 0 Å². The molecule has 2 aromatic rings. The predicted molar refractivity (Wildman–Crippen MR) is 73.6 cm³/mol. The normalized spacial score (nSPS) is 13.5. The van der Waals surface area contributed by atoms with E-state index in [1.807, 2.05) is 29.2 Å². The van der Waals surface area contributed by atoms with Crippen molar-refractivity contribution in [1.82, 2.24) is 0 Å². The number of hydrogen-bond acceptors (Lipinski definition) is 2. The molecule has 0 saturated carbocycles. The number of Topliss-reactive ketones (excluding diaryl/α,β-unsaturated/α-hetero) is 1. The molecule has 1 aliphatic rings. The van der Waals surface area contributed by atoms with Gasteiger partial charge in [-0.1, -0.05) is 24.3 Å². The highest BCUT2D eigenvalue weighted by atomic mass is 19.1. The van der Waals surface area contributed by atoms with Crippen molar-refractivity contribution in [2.24, 2.45) is 0 Å². The van der Waals surface area contributed by atoms with Gasteiger partial charge in [-0.2, -0.15) is 0 Å². The summed E-state index contributed by atoms with van der Waals surface area (Å²) in [7, 11) is 0. The third kappa shape index (κ3) is 1.91. The van der Waals surface area contributed by atoms with Gasteiger partial charge in [-0.25, -0.2) is 4.39 Å².